The molecule has 1 aliphatic rings. The zero-order chi connectivity index (χ0) is 23.8. The van der Waals surface area contributed by atoms with Crippen molar-refractivity contribution in [2.24, 2.45) is 5.92 Å². The third-order valence-corrected chi connectivity index (χ3v) is 6.20. The molecule has 0 fully saturated rings. The number of para-hydroxylation sites is 2. The SMILES string of the molecule is COc1ccc(C2c3c(C)nn(-c4ccccc4)c3NC(=O)C2C(=O)c2ccccc2O)cc1. The fourth-order valence-electron chi connectivity index (χ4n) is 4.59. The Hall–Kier alpha value is -4.39. The Morgan fingerprint density at radius 1 is 1.00 bits per heavy atom. The van der Waals surface area contributed by atoms with E-state index in [9.17, 15) is 14.7 Å². The van der Waals surface area contributed by atoms with Crippen LogP contribution >= 0.6 is 0 Å². The highest BCUT2D eigenvalue weighted by Gasteiger charge is 2.45. The Morgan fingerprint density at radius 2 is 1.68 bits per heavy atom. The summed E-state index contributed by atoms with van der Waals surface area (Å²) in [5, 5.41) is 18.0. The maximum absolute atomic E-state index is 13.7. The van der Waals surface area contributed by atoms with Crippen LogP contribution < -0.4 is 10.1 Å². The molecule has 34 heavy (non-hydrogen) atoms. The van der Waals surface area contributed by atoms with Gasteiger partial charge in [-0.1, -0.05) is 42.5 Å². The number of anilines is 1. The number of aromatic hydroxyl groups is 1. The molecule has 7 nitrogen and oxygen atoms in total. The molecular formula is C27H23N3O4. The second kappa shape index (κ2) is 8.51. The van der Waals surface area contributed by atoms with Crippen molar-refractivity contribution >= 4 is 17.5 Å². The van der Waals surface area contributed by atoms with E-state index in [4.69, 9.17) is 9.84 Å². The van der Waals surface area contributed by atoms with E-state index in [1.807, 2.05) is 49.4 Å². The third-order valence-electron chi connectivity index (χ3n) is 6.20. The number of rotatable bonds is 5. The van der Waals surface area contributed by atoms with Crippen LogP contribution in [0.1, 0.15) is 33.1 Å². The van der Waals surface area contributed by atoms with Gasteiger partial charge in [-0.15, -0.1) is 0 Å². The molecule has 0 bridgehead atoms. The summed E-state index contributed by atoms with van der Waals surface area (Å²) < 4.78 is 6.99. The van der Waals surface area contributed by atoms with Gasteiger partial charge >= 0.3 is 0 Å². The first kappa shape index (κ1) is 21.5. The number of aryl methyl sites for hydroxylation is 1. The van der Waals surface area contributed by atoms with Crippen LogP contribution in [0.3, 0.4) is 0 Å². The molecular weight excluding hydrogens is 430 g/mol. The molecule has 0 aliphatic carbocycles. The lowest BCUT2D eigenvalue weighted by molar-refractivity contribution is -0.119. The van der Waals surface area contributed by atoms with Crippen molar-refractivity contribution in [1.82, 2.24) is 9.78 Å². The minimum Gasteiger partial charge on any atom is -0.507 e. The van der Waals surface area contributed by atoms with Crippen molar-refractivity contribution in [2.45, 2.75) is 12.8 Å². The number of ketones is 1. The molecule has 1 amide bonds. The van der Waals surface area contributed by atoms with E-state index in [2.05, 4.69) is 5.32 Å². The Balaban J connectivity index is 1.71. The van der Waals surface area contributed by atoms with E-state index in [1.165, 1.54) is 12.1 Å². The van der Waals surface area contributed by atoms with E-state index in [0.29, 0.717) is 17.3 Å². The van der Waals surface area contributed by atoms with E-state index in [1.54, 1.807) is 36.1 Å². The molecule has 2 heterocycles. The molecule has 0 spiro atoms. The first-order valence-electron chi connectivity index (χ1n) is 10.9. The molecule has 2 N–H and O–H groups in total. The maximum Gasteiger partial charge on any atom is 0.237 e. The van der Waals surface area contributed by atoms with Gasteiger partial charge in [-0.2, -0.15) is 5.10 Å². The summed E-state index contributed by atoms with van der Waals surface area (Å²) in [6.07, 6.45) is 0. The summed E-state index contributed by atoms with van der Waals surface area (Å²) >= 11 is 0. The molecule has 0 saturated heterocycles. The molecule has 1 aromatic heterocycles. The van der Waals surface area contributed by atoms with E-state index >= 15 is 0 Å². The Labute approximate surface area is 196 Å². The van der Waals surface area contributed by atoms with Crippen LogP contribution in [-0.4, -0.2) is 33.7 Å². The molecule has 7 heteroatoms. The van der Waals surface area contributed by atoms with Crippen molar-refractivity contribution in [3.05, 3.63) is 101 Å². The second-order valence-corrected chi connectivity index (χ2v) is 8.19. The number of nitrogens with one attached hydrogen (secondary N) is 1. The molecule has 3 aromatic carbocycles. The van der Waals surface area contributed by atoms with Gasteiger partial charge in [0.2, 0.25) is 5.91 Å². The van der Waals surface area contributed by atoms with Crippen molar-refractivity contribution in [3.63, 3.8) is 0 Å². The summed E-state index contributed by atoms with van der Waals surface area (Å²) in [6, 6.07) is 23.1. The van der Waals surface area contributed by atoms with Gasteiger partial charge in [-0.3, -0.25) is 9.59 Å². The average molecular weight is 453 g/mol. The smallest absolute Gasteiger partial charge is 0.237 e. The van der Waals surface area contributed by atoms with Gasteiger partial charge in [0.25, 0.3) is 0 Å². The summed E-state index contributed by atoms with van der Waals surface area (Å²) in [7, 11) is 1.58. The van der Waals surface area contributed by atoms with Gasteiger partial charge in [0.05, 0.1) is 24.1 Å². The van der Waals surface area contributed by atoms with Crippen LogP contribution in [0, 0.1) is 12.8 Å². The number of phenols is 1. The van der Waals surface area contributed by atoms with Crippen LogP contribution in [0.5, 0.6) is 11.5 Å². The minimum absolute atomic E-state index is 0.109. The molecule has 0 radical (unpaired) electrons. The van der Waals surface area contributed by atoms with Gasteiger partial charge in [0, 0.05) is 11.5 Å². The van der Waals surface area contributed by atoms with Gasteiger partial charge < -0.3 is 15.2 Å². The number of hydrogen-bond acceptors (Lipinski definition) is 5. The predicted molar refractivity (Wildman–Crippen MR) is 128 cm³/mol. The standard InChI is InChI=1S/C27H23N3O4/c1-16-22-23(17-12-14-19(34-2)15-13-17)24(25(32)20-10-6-7-11-21(20)31)27(33)28-26(22)30(29-16)18-8-4-3-5-9-18/h3-15,23-24,31H,1-2H3,(H,28,33). The molecule has 0 saturated carbocycles. The number of phenolic OH excluding ortho intramolecular Hbond substituents is 1. The van der Waals surface area contributed by atoms with Crippen LogP contribution in [0.15, 0.2) is 78.9 Å². The number of benzene rings is 3. The van der Waals surface area contributed by atoms with Crippen molar-refractivity contribution in [3.8, 4) is 17.2 Å². The number of Topliss-reactive ketones (excluding diaryl/α,β-unsaturated/α-hetero) is 1. The molecule has 4 aromatic rings. The van der Waals surface area contributed by atoms with Gasteiger partial charge in [-0.25, -0.2) is 4.68 Å². The summed E-state index contributed by atoms with van der Waals surface area (Å²) in [4.78, 5) is 27.2. The topological polar surface area (TPSA) is 93.5 Å². The van der Waals surface area contributed by atoms with Gasteiger partial charge in [0.15, 0.2) is 5.78 Å². The van der Waals surface area contributed by atoms with Crippen molar-refractivity contribution < 1.29 is 19.4 Å². The van der Waals surface area contributed by atoms with E-state index in [-0.39, 0.29) is 11.3 Å². The van der Waals surface area contributed by atoms with E-state index < -0.39 is 23.5 Å². The number of hydrogen-bond donors (Lipinski definition) is 2. The molecule has 2 atom stereocenters. The number of fused-ring (bicyclic) bond motifs is 1. The number of amides is 1. The lowest BCUT2D eigenvalue weighted by Crippen LogP contribution is -2.40. The fourth-order valence-corrected chi connectivity index (χ4v) is 4.59. The van der Waals surface area contributed by atoms with E-state index in [0.717, 1.165) is 16.8 Å². The van der Waals surface area contributed by atoms with Crippen LogP contribution in [0.4, 0.5) is 5.82 Å². The van der Waals surface area contributed by atoms with Crippen LogP contribution in [0.25, 0.3) is 5.69 Å². The highest BCUT2D eigenvalue weighted by atomic mass is 16.5. The van der Waals surface area contributed by atoms with Crippen LogP contribution in [-0.2, 0) is 4.79 Å². The first-order valence-corrected chi connectivity index (χ1v) is 10.9. The number of aromatic nitrogens is 2. The first-order chi connectivity index (χ1) is 16.5. The lowest BCUT2D eigenvalue weighted by Gasteiger charge is -2.31. The number of carbonyl (C=O) groups is 2. The molecule has 1 aliphatic heterocycles. The van der Waals surface area contributed by atoms with Crippen LogP contribution in [0.2, 0.25) is 0 Å². The normalized spacial score (nSPS) is 17.1. The zero-order valence-corrected chi connectivity index (χ0v) is 18.7. The summed E-state index contributed by atoms with van der Waals surface area (Å²) in [6.45, 7) is 1.87. The Morgan fingerprint density at radius 3 is 2.35 bits per heavy atom. The lowest BCUT2D eigenvalue weighted by atomic mass is 9.74. The Kier molecular flexibility index (Phi) is 5.37. The zero-order valence-electron chi connectivity index (χ0n) is 18.7. The minimum atomic E-state index is -1.08. The number of methoxy groups -OCH3 is 1. The predicted octanol–water partition coefficient (Wildman–Crippen LogP) is 4.48. The number of carbonyl (C=O) groups excluding carboxylic acids is 2. The number of nitrogens with zero attached hydrogens (tertiary/aromatic N) is 2. The summed E-state index contributed by atoms with van der Waals surface area (Å²) in [5.74, 6) is -1.52. The third kappa shape index (κ3) is 3.51. The molecule has 5 rings (SSSR count). The van der Waals surface area contributed by atoms with Crippen molar-refractivity contribution in [1.29, 1.82) is 0 Å². The van der Waals surface area contributed by atoms with Gasteiger partial charge in [0.1, 0.15) is 23.2 Å². The highest BCUT2D eigenvalue weighted by molar-refractivity contribution is 6.17. The molecule has 170 valence electrons. The van der Waals surface area contributed by atoms with Gasteiger partial charge in [-0.05, 0) is 48.9 Å². The molecule has 2 unspecified atom stereocenters. The summed E-state index contributed by atoms with van der Waals surface area (Å²) in [5.41, 5.74) is 3.15. The quantitative estimate of drug-likeness (QED) is 0.343. The second-order valence-electron chi connectivity index (χ2n) is 8.19. The monoisotopic (exact) mass is 453 g/mol. The fraction of sp³-hybridized carbons (Fsp3) is 0.148. The van der Waals surface area contributed by atoms with Crippen molar-refractivity contribution in [2.75, 3.05) is 12.4 Å². The largest absolute Gasteiger partial charge is 0.507 e. The average Bonchev–Trinajstić information content (AvgIpc) is 3.19. The highest BCUT2D eigenvalue weighted by Crippen LogP contribution is 2.45. The maximum atomic E-state index is 13.7. The Bertz CT molecular complexity index is 1380. The number of ether oxygens (including phenoxy) is 1.